The second kappa shape index (κ2) is 8.14. The zero-order valence-corrected chi connectivity index (χ0v) is 12.2. The van der Waals surface area contributed by atoms with E-state index in [9.17, 15) is 9.50 Å². The maximum Gasteiger partial charge on any atom is 0.124 e. The topological polar surface area (TPSA) is 43.7 Å². The van der Waals surface area contributed by atoms with Crippen molar-refractivity contribution in [3.8, 4) is 11.8 Å². The van der Waals surface area contributed by atoms with Gasteiger partial charge < -0.3 is 10.2 Å². The molecule has 4 heteroatoms. The Balaban J connectivity index is 2.13. The van der Waals surface area contributed by atoms with Crippen LogP contribution < -0.4 is 0 Å². The lowest BCUT2D eigenvalue weighted by molar-refractivity contribution is 0.144. The van der Waals surface area contributed by atoms with Gasteiger partial charge in [0.1, 0.15) is 12.4 Å². The predicted molar refractivity (Wildman–Crippen MR) is 80.1 cm³/mol. The van der Waals surface area contributed by atoms with Crippen LogP contribution in [0, 0.1) is 17.7 Å². The molecule has 1 aliphatic rings. The second-order valence-electron chi connectivity index (χ2n) is 5.44. The van der Waals surface area contributed by atoms with Gasteiger partial charge in [0.2, 0.25) is 0 Å². The molecule has 3 nitrogen and oxygen atoms in total. The first kappa shape index (κ1) is 16.0. The molecule has 114 valence electrons. The number of nitrogens with zero attached hydrogens (tertiary/aromatic N) is 1. The van der Waals surface area contributed by atoms with Crippen LogP contribution >= 0.6 is 0 Å². The summed E-state index contributed by atoms with van der Waals surface area (Å²) in [4.78, 5) is 2.23. The molecule has 0 saturated heterocycles. The Kier molecular flexibility index (Phi) is 6.19. The third-order valence-corrected chi connectivity index (χ3v) is 3.88. The van der Waals surface area contributed by atoms with E-state index in [1.807, 2.05) is 6.07 Å². The molecule has 0 aromatic heterocycles. The summed E-state index contributed by atoms with van der Waals surface area (Å²) in [6, 6.07) is 5.22. The van der Waals surface area contributed by atoms with E-state index in [4.69, 9.17) is 5.11 Å². The summed E-state index contributed by atoms with van der Waals surface area (Å²) >= 11 is 0. The van der Waals surface area contributed by atoms with Crippen LogP contribution in [0.15, 0.2) is 18.2 Å². The highest BCUT2D eigenvalue weighted by Crippen LogP contribution is 2.25. The molecule has 1 saturated carbocycles. The number of benzene rings is 1. The van der Waals surface area contributed by atoms with Gasteiger partial charge >= 0.3 is 0 Å². The van der Waals surface area contributed by atoms with Crippen molar-refractivity contribution < 1.29 is 14.6 Å². The van der Waals surface area contributed by atoms with E-state index in [1.54, 1.807) is 0 Å². The quantitative estimate of drug-likeness (QED) is 0.815. The Labute approximate surface area is 125 Å². The first-order valence-electron chi connectivity index (χ1n) is 7.47. The first-order chi connectivity index (χ1) is 10.2. The molecule has 1 aromatic rings. The SMILES string of the molecule is OCC#Cc1cc(F)cc(CN(CCO)C2CCCC2)c1. The summed E-state index contributed by atoms with van der Waals surface area (Å²) in [7, 11) is 0. The third kappa shape index (κ3) is 4.82. The Morgan fingerprint density at radius 3 is 2.62 bits per heavy atom. The first-order valence-corrected chi connectivity index (χ1v) is 7.47. The van der Waals surface area contributed by atoms with E-state index >= 15 is 0 Å². The lowest BCUT2D eigenvalue weighted by Gasteiger charge is -2.28. The second-order valence-corrected chi connectivity index (χ2v) is 5.44. The number of hydrogen-bond acceptors (Lipinski definition) is 3. The molecular formula is C17H22FNO2. The fourth-order valence-electron chi connectivity index (χ4n) is 2.98. The van der Waals surface area contributed by atoms with Gasteiger partial charge in [0.25, 0.3) is 0 Å². The molecular weight excluding hydrogens is 269 g/mol. The van der Waals surface area contributed by atoms with Gasteiger partial charge in [0.05, 0.1) is 6.61 Å². The van der Waals surface area contributed by atoms with Crippen molar-refractivity contribution in [2.45, 2.75) is 38.3 Å². The molecule has 1 fully saturated rings. The van der Waals surface area contributed by atoms with Crippen molar-refractivity contribution in [3.05, 3.63) is 35.1 Å². The maximum absolute atomic E-state index is 13.7. The van der Waals surface area contributed by atoms with Crippen LogP contribution in [-0.2, 0) is 6.54 Å². The van der Waals surface area contributed by atoms with Gasteiger partial charge in [-0.15, -0.1) is 0 Å². The third-order valence-electron chi connectivity index (χ3n) is 3.88. The van der Waals surface area contributed by atoms with Crippen LogP contribution in [0.5, 0.6) is 0 Å². The van der Waals surface area contributed by atoms with Crippen molar-refractivity contribution in [2.75, 3.05) is 19.8 Å². The molecule has 0 radical (unpaired) electrons. The van der Waals surface area contributed by atoms with E-state index in [-0.39, 0.29) is 19.0 Å². The predicted octanol–water partition coefficient (Wildman–Crippen LogP) is 1.91. The molecule has 0 heterocycles. The minimum atomic E-state index is -0.315. The molecule has 1 aliphatic carbocycles. The van der Waals surface area contributed by atoms with E-state index in [1.165, 1.54) is 25.0 Å². The molecule has 0 spiro atoms. The lowest BCUT2D eigenvalue weighted by atomic mass is 10.1. The zero-order chi connectivity index (χ0) is 15.1. The summed E-state index contributed by atoms with van der Waals surface area (Å²) in [6.45, 7) is 1.11. The molecule has 0 bridgehead atoms. The minimum Gasteiger partial charge on any atom is -0.395 e. The van der Waals surface area contributed by atoms with Crippen LogP contribution in [0.1, 0.15) is 36.8 Å². The molecule has 0 aliphatic heterocycles. The lowest BCUT2D eigenvalue weighted by Crippen LogP contribution is -2.35. The number of aliphatic hydroxyl groups excluding tert-OH is 2. The smallest absolute Gasteiger partial charge is 0.124 e. The summed E-state index contributed by atoms with van der Waals surface area (Å²) in [5, 5.41) is 18.0. The Morgan fingerprint density at radius 1 is 1.19 bits per heavy atom. The highest BCUT2D eigenvalue weighted by molar-refractivity contribution is 5.37. The Hall–Kier alpha value is -1.41. The molecule has 2 N–H and O–H groups in total. The molecule has 2 rings (SSSR count). The van der Waals surface area contributed by atoms with Crippen LogP contribution in [0.2, 0.25) is 0 Å². The van der Waals surface area contributed by atoms with Crippen LogP contribution in [0.25, 0.3) is 0 Å². The molecule has 21 heavy (non-hydrogen) atoms. The van der Waals surface area contributed by atoms with Gasteiger partial charge in [-0.25, -0.2) is 4.39 Å². The van der Waals surface area contributed by atoms with Crippen molar-refractivity contribution >= 4 is 0 Å². The Morgan fingerprint density at radius 2 is 1.95 bits per heavy atom. The summed E-state index contributed by atoms with van der Waals surface area (Å²) in [6.07, 6.45) is 4.74. The highest BCUT2D eigenvalue weighted by atomic mass is 19.1. The maximum atomic E-state index is 13.7. The van der Waals surface area contributed by atoms with Crippen molar-refractivity contribution in [3.63, 3.8) is 0 Å². The normalized spacial score (nSPS) is 15.2. The van der Waals surface area contributed by atoms with Gasteiger partial charge in [-0.05, 0) is 36.6 Å². The number of aliphatic hydroxyl groups is 2. The molecule has 0 atom stereocenters. The average Bonchev–Trinajstić information content (AvgIpc) is 2.98. The van der Waals surface area contributed by atoms with Gasteiger partial charge in [-0.3, -0.25) is 4.90 Å². The van der Waals surface area contributed by atoms with E-state index in [0.29, 0.717) is 24.7 Å². The average molecular weight is 291 g/mol. The van der Waals surface area contributed by atoms with Crippen molar-refractivity contribution in [2.24, 2.45) is 0 Å². The minimum absolute atomic E-state index is 0.114. The van der Waals surface area contributed by atoms with E-state index in [2.05, 4.69) is 16.7 Å². The molecule has 0 unspecified atom stereocenters. The standard InChI is InChI=1S/C17H22FNO2/c18-16-11-14(4-3-8-20)10-15(12-16)13-19(7-9-21)17-5-1-2-6-17/h10-12,17,20-21H,1-2,5-9,13H2. The van der Waals surface area contributed by atoms with Crippen LogP contribution in [0.3, 0.4) is 0 Å². The summed E-state index contributed by atoms with van der Waals surface area (Å²) < 4.78 is 13.7. The molecule has 1 aromatic carbocycles. The summed E-state index contributed by atoms with van der Waals surface area (Å²) in [5.41, 5.74) is 1.44. The summed E-state index contributed by atoms with van der Waals surface area (Å²) in [5.74, 6) is 4.97. The molecule has 0 amide bonds. The number of halogens is 1. The fraction of sp³-hybridized carbons (Fsp3) is 0.529. The van der Waals surface area contributed by atoms with Crippen LogP contribution in [-0.4, -0.2) is 40.9 Å². The van der Waals surface area contributed by atoms with Gasteiger partial charge in [-0.2, -0.15) is 0 Å². The highest BCUT2D eigenvalue weighted by Gasteiger charge is 2.22. The number of hydrogen-bond donors (Lipinski definition) is 2. The van der Waals surface area contributed by atoms with Gasteiger partial charge in [0.15, 0.2) is 0 Å². The van der Waals surface area contributed by atoms with E-state index in [0.717, 1.165) is 18.4 Å². The monoisotopic (exact) mass is 291 g/mol. The number of rotatable bonds is 5. The zero-order valence-electron chi connectivity index (χ0n) is 12.2. The van der Waals surface area contributed by atoms with Crippen molar-refractivity contribution in [1.82, 2.24) is 4.90 Å². The Bertz CT molecular complexity index is 515. The van der Waals surface area contributed by atoms with Crippen LogP contribution in [0.4, 0.5) is 4.39 Å². The van der Waals surface area contributed by atoms with Crippen molar-refractivity contribution in [1.29, 1.82) is 0 Å². The van der Waals surface area contributed by atoms with Gasteiger partial charge in [-0.1, -0.05) is 24.7 Å². The van der Waals surface area contributed by atoms with E-state index < -0.39 is 0 Å². The fourth-order valence-corrected chi connectivity index (χ4v) is 2.98. The largest absolute Gasteiger partial charge is 0.395 e. The van der Waals surface area contributed by atoms with Gasteiger partial charge in [0, 0.05) is 24.7 Å².